The number of ether oxygens (including phenoxy) is 3. The largest absolute Gasteiger partial charge is 0.491 e. The van der Waals surface area contributed by atoms with Gasteiger partial charge in [-0.3, -0.25) is 9.69 Å². The van der Waals surface area contributed by atoms with E-state index in [0.717, 1.165) is 41.4 Å². The molecule has 4 aromatic rings. The first-order chi connectivity index (χ1) is 22.0. The fourth-order valence-corrected chi connectivity index (χ4v) is 5.40. The van der Waals surface area contributed by atoms with Gasteiger partial charge in [-0.1, -0.05) is 37.6 Å². The maximum absolute atomic E-state index is 13.6. The van der Waals surface area contributed by atoms with Gasteiger partial charge in [0.05, 0.1) is 42.7 Å². The summed E-state index contributed by atoms with van der Waals surface area (Å²) >= 11 is 0. The van der Waals surface area contributed by atoms with Gasteiger partial charge in [-0.05, 0) is 61.7 Å². The van der Waals surface area contributed by atoms with Gasteiger partial charge in [0.25, 0.3) is 0 Å². The molecule has 0 spiro atoms. The Hall–Kier alpha value is -4.27. The number of benzene rings is 3. The lowest BCUT2D eigenvalue weighted by Crippen LogP contribution is -2.52. The van der Waals surface area contributed by atoms with E-state index in [0.29, 0.717) is 48.9 Å². The molecular formula is C35H41Cl2N5O5. The minimum atomic E-state index is -0.163. The number of nitrogens with one attached hydrogen (secondary N) is 1. The van der Waals surface area contributed by atoms with Gasteiger partial charge in [-0.15, -0.1) is 24.8 Å². The van der Waals surface area contributed by atoms with Gasteiger partial charge < -0.3 is 29.2 Å². The van der Waals surface area contributed by atoms with Crippen LogP contribution in [0.5, 0.6) is 23.0 Å². The SMILES string of the molecule is CCCCOc1ccccc1N1CCN(C(Cc2ccc(C#N)c(Oc3cccc(OCCO)c3)c2)c2cnc(C)[nH]2)CC1=O.Cl.Cl. The number of imidazole rings is 1. The molecule has 1 aromatic heterocycles. The molecule has 2 heterocycles. The van der Waals surface area contributed by atoms with Crippen molar-refractivity contribution in [1.82, 2.24) is 14.9 Å². The summed E-state index contributed by atoms with van der Waals surface area (Å²) < 4.78 is 17.7. The first-order valence-corrected chi connectivity index (χ1v) is 15.3. The summed E-state index contributed by atoms with van der Waals surface area (Å²) in [5.41, 5.74) is 3.06. The van der Waals surface area contributed by atoms with E-state index >= 15 is 0 Å². The van der Waals surface area contributed by atoms with Crippen molar-refractivity contribution in [2.75, 3.05) is 44.4 Å². The Kier molecular flexibility index (Phi) is 14.4. The third kappa shape index (κ3) is 9.62. The van der Waals surface area contributed by atoms with E-state index in [1.165, 1.54) is 0 Å². The van der Waals surface area contributed by atoms with E-state index in [-0.39, 0.29) is 56.5 Å². The molecule has 1 saturated heterocycles. The number of nitriles is 1. The van der Waals surface area contributed by atoms with Crippen molar-refractivity contribution >= 4 is 36.4 Å². The molecule has 1 aliphatic heterocycles. The Bertz CT molecular complexity index is 1640. The molecule has 250 valence electrons. The van der Waals surface area contributed by atoms with Crippen molar-refractivity contribution < 1.29 is 24.1 Å². The summed E-state index contributed by atoms with van der Waals surface area (Å²) in [6.45, 7) is 6.12. The van der Waals surface area contributed by atoms with E-state index in [4.69, 9.17) is 19.3 Å². The number of para-hydroxylation sites is 2. The molecule has 12 heteroatoms. The van der Waals surface area contributed by atoms with Crippen molar-refractivity contribution in [3.05, 3.63) is 95.6 Å². The number of anilines is 1. The molecule has 3 aromatic carbocycles. The number of aryl methyl sites for hydroxylation is 1. The van der Waals surface area contributed by atoms with Gasteiger partial charge in [0.15, 0.2) is 0 Å². The third-order valence-corrected chi connectivity index (χ3v) is 7.67. The predicted molar refractivity (Wildman–Crippen MR) is 185 cm³/mol. The van der Waals surface area contributed by atoms with E-state index in [9.17, 15) is 10.1 Å². The molecule has 0 aliphatic carbocycles. The Balaban J connectivity index is 0.00000300. The third-order valence-electron chi connectivity index (χ3n) is 7.67. The zero-order valence-corrected chi connectivity index (χ0v) is 28.2. The van der Waals surface area contributed by atoms with Gasteiger partial charge in [-0.2, -0.15) is 5.26 Å². The molecule has 0 bridgehead atoms. The number of rotatable bonds is 14. The van der Waals surface area contributed by atoms with Crippen molar-refractivity contribution in [2.45, 2.75) is 39.2 Å². The minimum Gasteiger partial charge on any atom is -0.491 e. The lowest BCUT2D eigenvalue weighted by molar-refractivity contribution is -0.122. The van der Waals surface area contributed by atoms with Crippen molar-refractivity contribution in [1.29, 1.82) is 5.26 Å². The van der Waals surface area contributed by atoms with Crippen LogP contribution in [0.25, 0.3) is 0 Å². The van der Waals surface area contributed by atoms with Gasteiger partial charge in [0.2, 0.25) is 5.91 Å². The Labute approximate surface area is 288 Å². The normalized spacial score (nSPS) is 13.6. The number of carbonyl (C=O) groups excluding carboxylic acids is 1. The quantitative estimate of drug-likeness (QED) is 0.146. The molecule has 1 aliphatic rings. The van der Waals surface area contributed by atoms with Crippen LogP contribution >= 0.6 is 24.8 Å². The second-order valence-corrected chi connectivity index (χ2v) is 10.9. The summed E-state index contributed by atoms with van der Waals surface area (Å²) in [7, 11) is 0. The number of aromatic nitrogens is 2. The Morgan fingerprint density at radius 1 is 1.00 bits per heavy atom. The molecule has 1 fully saturated rings. The zero-order chi connectivity index (χ0) is 31.6. The highest BCUT2D eigenvalue weighted by Gasteiger charge is 2.32. The summed E-state index contributed by atoms with van der Waals surface area (Å²) in [6.07, 6.45) is 4.38. The van der Waals surface area contributed by atoms with E-state index in [1.807, 2.05) is 54.4 Å². The summed E-state index contributed by atoms with van der Waals surface area (Å²) in [6, 6.07) is 22.4. The van der Waals surface area contributed by atoms with Crippen LogP contribution in [-0.2, 0) is 11.2 Å². The predicted octanol–water partition coefficient (Wildman–Crippen LogP) is 6.41. The minimum absolute atomic E-state index is 0. The number of unbranched alkanes of at least 4 members (excludes halogenated alkanes) is 1. The molecule has 47 heavy (non-hydrogen) atoms. The molecule has 2 N–H and O–H groups in total. The molecule has 0 radical (unpaired) electrons. The first-order valence-electron chi connectivity index (χ1n) is 15.3. The first kappa shape index (κ1) is 37.2. The summed E-state index contributed by atoms with van der Waals surface area (Å²) in [5.74, 6) is 3.02. The monoisotopic (exact) mass is 681 g/mol. The van der Waals surface area contributed by atoms with Crippen molar-refractivity contribution in [3.63, 3.8) is 0 Å². The molecule has 1 unspecified atom stereocenters. The maximum Gasteiger partial charge on any atom is 0.241 e. The number of nitrogens with zero attached hydrogens (tertiary/aromatic N) is 4. The summed E-state index contributed by atoms with van der Waals surface area (Å²) in [5, 5.41) is 18.9. The van der Waals surface area contributed by atoms with Gasteiger partial charge in [0.1, 0.15) is 41.5 Å². The van der Waals surface area contributed by atoms with Crippen LogP contribution in [0.4, 0.5) is 5.69 Å². The van der Waals surface area contributed by atoms with Gasteiger partial charge in [0, 0.05) is 25.4 Å². The highest BCUT2D eigenvalue weighted by molar-refractivity contribution is 5.97. The number of halogens is 2. The zero-order valence-electron chi connectivity index (χ0n) is 26.6. The second kappa shape index (κ2) is 18.2. The summed E-state index contributed by atoms with van der Waals surface area (Å²) in [4.78, 5) is 25.4. The number of piperazine rings is 1. The van der Waals surface area contributed by atoms with Crippen LogP contribution in [0.15, 0.2) is 72.9 Å². The van der Waals surface area contributed by atoms with Crippen LogP contribution in [0.3, 0.4) is 0 Å². The second-order valence-electron chi connectivity index (χ2n) is 10.9. The number of carbonyl (C=O) groups is 1. The van der Waals surface area contributed by atoms with Crippen LogP contribution in [-0.4, -0.2) is 65.3 Å². The van der Waals surface area contributed by atoms with E-state index in [2.05, 4.69) is 27.9 Å². The maximum atomic E-state index is 13.6. The fraction of sp³-hybridized carbons (Fsp3) is 0.343. The van der Waals surface area contributed by atoms with Crippen molar-refractivity contribution in [2.24, 2.45) is 0 Å². The van der Waals surface area contributed by atoms with Crippen LogP contribution in [0, 0.1) is 18.3 Å². The number of hydrogen-bond acceptors (Lipinski definition) is 8. The molecular weight excluding hydrogens is 641 g/mol. The number of aromatic amines is 1. The Morgan fingerprint density at radius 2 is 1.81 bits per heavy atom. The molecule has 1 amide bonds. The molecule has 5 rings (SSSR count). The molecule has 0 saturated carbocycles. The van der Waals surface area contributed by atoms with Crippen LogP contribution in [0.1, 0.15) is 48.5 Å². The van der Waals surface area contributed by atoms with Crippen LogP contribution in [0.2, 0.25) is 0 Å². The number of H-pyrrole nitrogens is 1. The van der Waals surface area contributed by atoms with Gasteiger partial charge >= 0.3 is 0 Å². The average molecular weight is 683 g/mol. The lowest BCUT2D eigenvalue weighted by Gasteiger charge is -2.39. The smallest absolute Gasteiger partial charge is 0.241 e. The highest BCUT2D eigenvalue weighted by atomic mass is 35.5. The number of hydrogen-bond donors (Lipinski definition) is 2. The number of amides is 1. The van der Waals surface area contributed by atoms with E-state index < -0.39 is 0 Å². The molecule has 1 atom stereocenters. The van der Waals surface area contributed by atoms with Crippen molar-refractivity contribution in [3.8, 4) is 29.1 Å². The van der Waals surface area contributed by atoms with E-state index in [1.54, 1.807) is 30.3 Å². The average Bonchev–Trinajstić information content (AvgIpc) is 3.49. The number of aliphatic hydroxyl groups excluding tert-OH is 1. The van der Waals surface area contributed by atoms with Crippen LogP contribution < -0.4 is 19.1 Å². The lowest BCUT2D eigenvalue weighted by atomic mass is 9.99. The number of aliphatic hydroxyl groups is 1. The molecule has 10 nitrogen and oxygen atoms in total. The standard InChI is InChI=1S/C35H39N5O5.2ClH/c1-3-4-17-44-33-11-6-5-10-31(33)40-15-14-39(24-35(40)42)32(30-23-37-25(2)38-30)19-26-12-13-27(22-36)34(20-26)45-29-9-7-8-28(21-29)43-18-16-41;;/h5-13,20-21,23,32,41H,3-4,14-19,24H2,1-2H3,(H,37,38);2*1H. The topological polar surface area (TPSA) is 124 Å². The Morgan fingerprint density at radius 3 is 2.53 bits per heavy atom. The van der Waals surface area contributed by atoms with Gasteiger partial charge in [-0.25, -0.2) is 4.98 Å². The highest BCUT2D eigenvalue weighted by Crippen LogP contribution is 2.34. The fourth-order valence-electron chi connectivity index (χ4n) is 5.40.